The quantitative estimate of drug-likeness (QED) is 0.0379. The molecule has 96 heavy (non-hydrogen) atoms. The zero-order valence-electron chi connectivity index (χ0n) is 58.4. The summed E-state index contributed by atoms with van der Waals surface area (Å²) < 4.78 is 0. The normalized spacial score (nSPS) is 23.5. The Morgan fingerprint density at radius 1 is 0.677 bits per heavy atom. The van der Waals surface area contributed by atoms with Crippen LogP contribution in [0, 0.1) is 11.8 Å². The van der Waals surface area contributed by atoms with E-state index in [2.05, 4.69) is 69.8 Å². The van der Waals surface area contributed by atoms with Gasteiger partial charge in [-0.05, 0) is 151 Å². The number of H-pyrrole nitrogens is 1. The molecule has 8 amide bonds. The van der Waals surface area contributed by atoms with Gasteiger partial charge in [-0.2, -0.15) is 0 Å². The van der Waals surface area contributed by atoms with Gasteiger partial charge in [0.1, 0.15) is 35.0 Å². The van der Waals surface area contributed by atoms with Gasteiger partial charge in [-0.3, -0.25) is 77.8 Å². The van der Waals surface area contributed by atoms with Crippen LogP contribution in [-0.2, 0) is 73.5 Å². The smallest absolute Gasteiger partial charge is 0.246 e. The number of para-hydroxylation sites is 1. The number of aromatic amines is 1. The van der Waals surface area contributed by atoms with E-state index >= 15 is 0 Å². The Bertz CT molecular complexity index is 3110. The number of ketones is 6. The zero-order valence-corrected chi connectivity index (χ0v) is 58.4. The summed E-state index contributed by atoms with van der Waals surface area (Å²) in [5, 5.41) is 25.7. The highest BCUT2D eigenvalue weighted by molar-refractivity contribution is 6.41. The number of nitrogens with one attached hydrogen (secondary N) is 12. The standard InChI is InChI=1S/C68H108N14O14/c1-39(2)33-48-37-72-51(29-30-54(69)85)58(89)56(87)42(5)76-63(94)52(34-47-36-71-50-28-24-23-27-49(47)50)73-38-53(84)67(12,74-35-40(3)83)31-25-21-19-17-15-14-16-18-20-22-26-32-68(13,80-62(48)93)65(96)79-46(9)60(91)75-41(4)55(86)57(88)43(6)81-82-66(10,11)64(95)78-45(8)61(92)77-44(7)59(70)90/h18,20,23-24,27-28,36,39,41-46,48,51-52,71-74,81-82H,14-17,19,21-22,25-26,29-35,37-38H2,1-13H3,(H2,69,85)(H2,70,90)(H,75,91)(H,76,94)(H,77,92)(H,78,95)(H,79,96)(H,80,93)/b20-18+/t41-,42?,43-,44+,45?,46?,48+,51-,52-,67+,68-/m0/s1. The number of Topliss-reactive ketones (excluding diaryl/α,β-unsaturated/α-hetero) is 6. The van der Waals surface area contributed by atoms with Gasteiger partial charge in [0.05, 0.1) is 54.8 Å². The molecule has 3 unspecified atom stereocenters. The number of hydrogen-bond donors (Lipinski definition) is 14. The molecule has 3 rings (SSSR count). The summed E-state index contributed by atoms with van der Waals surface area (Å²) in [6.45, 7) is 18.8. The predicted octanol–water partition coefficient (Wildman–Crippen LogP) is 1.34. The summed E-state index contributed by atoms with van der Waals surface area (Å²) in [7, 11) is 0. The number of rotatable bonds is 25. The third kappa shape index (κ3) is 26.9. The molecule has 0 saturated carbocycles. The summed E-state index contributed by atoms with van der Waals surface area (Å²) >= 11 is 0. The lowest BCUT2D eigenvalue weighted by molar-refractivity contribution is -0.140. The minimum absolute atomic E-state index is 0.0436. The number of carbonyl (C=O) groups excluding carboxylic acids is 14. The van der Waals surface area contributed by atoms with Crippen molar-refractivity contribution in [3.05, 3.63) is 48.2 Å². The maximum atomic E-state index is 14.7. The SMILES string of the molecule is CC(=O)CN[C@]1(C)CCCCCCCC/C=C/CCC[C@@](C)(C(=O)NC(C)C(=O)N[C@@H](C)C(=O)C(=O)[C@H](C)NNC(C)(C)C(=O)NC(C)C(=O)N[C@H](C)C(N)=O)NC(=O)[C@H](CC(C)C)CN[C@@H](CCC(N)=O)C(=O)C(=O)C(C)NC(=O)[C@H](Cc2c[nH]c3ccccc23)NCC1=O. The first-order chi connectivity index (χ1) is 44.9. The molecule has 11 atom stereocenters. The second-order valence-corrected chi connectivity index (χ2v) is 27.0. The van der Waals surface area contributed by atoms with E-state index in [0.717, 1.165) is 55.0 Å². The molecule has 1 aromatic carbocycles. The summed E-state index contributed by atoms with van der Waals surface area (Å²) in [6, 6.07) is -2.52. The molecule has 0 aliphatic carbocycles. The Labute approximate surface area is 563 Å². The number of amides is 8. The molecule has 1 aliphatic rings. The van der Waals surface area contributed by atoms with Crippen LogP contribution >= 0.6 is 0 Å². The molecule has 1 aliphatic heterocycles. The molecule has 2 aromatic rings. The maximum Gasteiger partial charge on any atom is 0.246 e. The van der Waals surface area contributed by atoms with E-state index in [9.17, 15) is 67.1 Å². The largest absolute Gasteiger partial charge is 0.370 e. The van der Waals surface area contributed by atoms with Crippen LogP contribution in [0.15, 0.2) is 42.6 Å². The van der Waals surface area contributed by atoms with Gasteiger partial charge in [-0.1, -0.05) is 76.3 Å². The van der Waals surface area contributed by atoms with Crippen molar-refractivity contribution in [3.63, 3.8) is 0 Å². The highest BCUT2D eigenvalue weighted by Crippen LogP contribution is 2.23. The number of allylic oxidation sites excluding steroid dienone is 2. The Morgan fingerprint density at radius 2 is 1.27 bits per heavy atom. The lowest BCUT2D eigenvalue weighted by Crippen LogP contribution is -2.63. The Hall–Kier alpha value is -7.92. The first-order valence-corrected chi connectivity index (χ1v) is 33.5. The minimum Gasteiger partial charge on any atom is -0.370 e. The van der Waals surface area contributed by atoms with E-state index in [1.807, 2.05) is 44.2 Å². The number of nitrogens with two attached hydrogens (primary N) is 2. The molecular weight excluding hydrogens is 1240 g/mol. The monoisotopic (exact) mass is 1340 g/mol. The molecular formula is C68H108N14O14. The predicted molar refractivity (Wildman–Crippen MR) is 363 cm³/mol. The molecule has 0 spiro atoms. The van der Waals surface area contributed by atoms with Gasteiger partial charge in [-0.15, -0.1) is 0 Å². The van der Waals surface area contributed by atoms with Gasteiger partial charge in [-0.25, -0.2) is 10.9 Å². The molecule has 1 aromatic heterocycles. The minimum atomic E-state index is -1.68. The van der Waals surface area contributed by atoms with Gasteiger partial charge in [0, 0.05) is 30.1 Å². The van der Waals surface area contributed by atoms with Crippen LogP contribution in [0.5, 0.6) is 0 Å². The summed E-state index contributed by atoms with van der Waals surface area (Å²) in [6.07, 6.45) is 12.8. The van der Waals surface area contributed by atoms with E-state index in [1.165, 1.54) is 69.2 Å². The number of hydrogen-bond acceptors (Lipinski definition) is 19. The van der Waals surface area contributed by atoms with Crippen molar-refractivity contribution >= 4 is 92.9 Å². The Kier molecular flexibility index (Phi) is 33.7. The number of benzene rings is 1. The van der Waals surface area contributed by atoms with Gasteiger partial charge < -0.3 is 53.7 Å². The number of hydrazine groups is 1. The third-order valence-corrected chi connectivity index (χ3v) is 17.2. The van der Waals surface area contributed by atoms with E-state index in [4.69, 9.17) is 11.5 Å². The van der Waals surface area contributed by atoms with Gasteiger partial charge in [0.15, 0.2) is 5.78 Å². The number of fused-ring (bicyclic) bond motifs is 1. The van der Waals surface area contributed by atoms with Gasteiger partial charge >= 0.3 is 0 Å². The summed E-state index contributed by atoms with van der Waals surface area (Å²) in [4.78, 5) is 192. The highest BCUT2D eigenvalue weighted by atomic mass is 16.2. The first-order valence-electron chi connectivity index (χ1n) is 33.5. The van der Waals surface area contributed by atoms with E-state index in [-0.39, 0.29) is 69.2 Å². The van der Waals surface area contributed by atoms with Crippen LogP contribution in [0.25, 0.3) is 10.9 Å². The van der Waals surface area contributed by atoms with E-state index in [0.29, 0.717) is 25.7 Å². The molecule has 534 valence electrons. The molecule has 16 N–H and O–H groups in total. The van der Waals surface area contributed by atoms with Crippen molar-refractivity contribution < 1.29 is 67.1 Å². The average molecular weight is 1350 g/mol. The molecule has 2 heterocycles. The van der Waals surface area contributed by atoms with Crippen molar-refractivity contribution in [3.8, 4) is 0 Å². The van der Waals surface area contributed by atoms with Crippen LogP contribution in [0.1, 0.15) is 185 Å². The van der Waals surface area contributed by atoms with Crippen LogP contribution in [0.4, 0.5) is 0 Å². The fourth-order valence-electron chi connectivity index (χ4n) is 10.7. The zero-order chi connectivity index (χ0) is 72.3. The molecule has 28 nitrogen and oxygen atoms in total. The number of primary amides is 2. The fourth-order valence-corrected chi connectivity index (χ4v) is 10.7. The van der Waals surface area contributed by atoms with Gasteiger partial charge in [0.25, 0.3) is 0 Å². The van der Waals surface area contributed by atoms with Crippen molar-refractivity contribution in [2.24, 2.45) is 23.3 Å². The Morgan fingerprint density at radius 3 is 1.90 bits per heavy atom. The molecule has 0 fully saturated rings. The molecule has 0 bridgehead atoms. The Balaban J connectivity index is 1.90. The lowest BCUT2D eigenvalue weighted by Gasteiger charge is -2.33. The molecule has 28 heteroatoms. The van der Waals surface area contributed by atoms with E-state index in [1.54, 1.807) is 13.1 Å². The number of carbonyl (C=O) groups is 14. The molecule has 0 radical (unpaired) electrons. The van der Waals surface area contributed by atoms with Gasteiger partial charge in [0.2, 0.25) is 70.4 Å². The van der Waals surface area contributed by atoms with Crippen LogP contribution in [0.3, 0.4) is 0 Å². The highest BCUT2D eigenvalue weighted by Gasteiger charge is 2.41. The number of aromatic nitrogens is 1. The van der Waals surface area contributed by atoms with E-state index < -0.39 is 141 Å². The van der Waals surface area contributed by atoms with Crippen LogP contribution in [-0.4, -0.2) is 172 Å². The summed E-state index contributed by atoms with van der Waals surface area (Å²) in [5.74, 6) is -11.4. The third-order valence-electron chi connectivity index (χ3n) is 17.2. The molecule has 0 saturated heterocycles. The van der Waals surface area contributed by atoms with Crippen LogP contribution < -0.4 is 70.2 Å². The lowest BCUT2D eigenvalue weighted by atomic mass is 9.88. The topological polar surface area (TPSA) is 439 Å². The fraction of sp³-hybridized carbons (Fsp3) is 0.647. The van der Waals surface area contributed by atoms with Crippen molar-refractivity contribution in [1.82, 2.24) is 63.7 Å². The van der Waals surface area contributed by atoms with Crippen molar-refractivity contribution in [1.29, 1.82) is 0 Å². The second kappa shape index (κ2) is 39.3. The second-order valence-electron chi connectivity index (χ2n) is 27.0. The maximum absolute atomic E-state index is 14.7. The average Bonchev–Trinajstić information content (AvgIpc) is 1.48. The summed E-state index contributed by atoms with van der Waals surface area (Å²) in [5.41, 5.74) is 13.3. The van der Waals surface area contributed by atoms with Crippen molar-refractivity contribution in [2.45, 2.75) is 251 Å². The van der Waals surface area contributed by atoms with Crippen LogP contribution in [0.2, 0.25) is 0 Å². The van der Waals surface area contributed by atoms with Crippen molar-refractivity contribution in [2.75, 3.05) is 19.6 Å². The first kappa shape index (κ1) is 82.3.